The summed E-state index contributed by atoms with van der Waals surface area (Å²) in [6.07, 6.45) is 2.79. The highest BCUT2D eigenvalue weighted by Crippen LogP contribution is 2.25. The molecule has 0 radical (unpaired) electrons. The predicted octanol–water partition coefficient (Wildman–Crippen LogP) is 1.90. The van der Waals surface area contributed by atoms with E-state index in [2.05, 4.69) is 10.3 Å². The van der Waals surface area contributed by atoms with Gasteiger partial charge < -0.3 is 19.6 Å². The maximum absolute atomic E-state index is 12.7. The average Bonchev–Trinajstić information content (AvgIpc) is 3.35. The molecule has 1 aromatic carbocycles. The number of likely N-dealkylation sites (tertiary alicyclic amines) is 1. The Morgan fingerprint density at radius 2 is 1.93 bits per heavy atom. The van der Waals surface area contributed by atoms with Crippen molar-refractivity contribution >= 4 is 22.8 Å². The summed E-state index contributed by atoms with van der Waals surface area (Å²) in [5.74, 6) is -0.368. The van der Waals surface area contributed by atoms with Crippen molar-refractivity contribution in [2.24, 2.45) is 0 Å². The molecular weight excluding hydrogens is 360 g/mol. The molecule has 1 aliphatic rings. The van der Waals surface area contributed by atoms with Crippen LogP contribution >= 0.6 is 0 Å². The van der Waals surface area contributed by atoms with E-state index in [9.17, 15) is 14.4 Å². The van der Waals surface area contributed by atoms with Gasteiger partial charge in [-0.15, -0.1) is 0 Å². The minimum absolute atomic E-state index is 0.0423. The lowest BCUT2D eigenvalue weighted by Crippen LogP contribution is -2.49. The molecule has 0 spiro atoms. The van der Waals surface area contributed by atoms with Crippen LogP contribution in [0.3, 0.4) is 0 Å². The van der Waals surface area contributed by atoms with Gasteiger partial charge in [-0.2, -0.15) is 0 Å². The minimum Gasteiger partial charge on any atom is -0.459 e. The standard InChI is InChI=1S/C20H22N4O4/c1-13(21-18(25)17-7-4-12-28-17)19(26)23-10-8-14(9-11-23)24-16-6-3-2-5-15(16)22-20(24)27/h2-7,12-14H,8-11H2,1H3,(H,21,25)(H,22,27)/t13-/m0/s1. The fourth-order valence-corrected chi connectivity index (χ4v) is 3.79. The molecule has 8 heteroatoms. The third-order valence-corrected chi connectivity index (χ3v) is 5.23. The smallest absolute Gasteiger partial charge is 0.326 e. The van der Waals surface area contributed by atoms with E-state index in [-0.39, 0.29) is 23.4 Å². The summed E-state index contributed by atoms with van der Waals surface area (Å²) in [7, 11) is 0. The molecule has 1 aliphatic heterocycles. The number of nitrogens with one attached hydrogen (secondary N) is 2. The number of furan rings is 1. The van der Waals surface area contributed by atoms with Gasteiger partial charge in [-0.25, -0.2) is 4.79 Å². The second-order valence-electron chi connectivity index (χ2n) is 7.05. The van der Waals surface area contributed by atoms with Gasteiger partial charge in [-0.3, -0.25) is 14.2 Å². The van der Waals surface area contributed by atoms with Crippen LogP contribution < -0.4 is 11.0 Å². The quantitative estimate of drug-likeness (QED) is 0.720. The molecule has 1 fully saturated rings. The van der Waals surface area contributed by atoms with Gasteiger partial charge in [0.25, 0.3) is 5.91 Å². The van der Waals surface area contributed by atoms with Crippen LogP contribution in [0.15, 0.2) is 51.9 Å². The Kier molecular flexibility index (Phi) is 4.77. The van der Waals surface area contributed by atoms with Crippen molar-refractivity contribution in [1.29, 1.82) is 0 Å². The van der Waals surface area contributed by atoms with E-state index < -0.39 is 11.9 Å². The number of benzene rings is 1. The van der Waals surface area contributed by atoms with Crippen LogP contribution in [0.5, 0.6) is 0 Å². The number of hydrogen-bond donors (Lipinski definition) is 2. The van der Waals surface area contributed by atoms with Crippen molar-refractivity contribution in [3.8, 4) is 0 Å². The van der Waals surface area contributed by atoms with Gasteiger partial charge in [-0.1, -0.05) is 12.1 Å². The first-order valence-electron chi connectivity index (χ1n) is 9.37. The number of nitrogens with zero attached hydrogens (tertiary/aromatic N) is 2. The number of hydrogen-bond acceptors (Lipinski definition) is 4. The molecule has 0 bridgehead atoms. The van der Waals surface area contributed by atoms with E-state index >= 15 is 0 Å². The Hall–Kier alpha value is -3.29. The summed E-state index contributed by atoms with van der Waals surface area (Å²) < 4.78 is 6.84. The average molecular weight is 382 g/mol. The molecule has 8 nitrogen and oxygen atoms in total. The molecule has 2 N–H and O–H groups in total. The molecule has 146 valence electrons. The van der Waals surface area contributed by atoms with E-state index in [1.165, 1.54) is 6.26 Å². The molecule has 4 rings (SSSR count). The molecular formula is C20H22N4O4. The zero-order valence-electron chi connectivity index (χ0n) is 15.6. The van der Waals surface area contributed by atoms with E-state index in [1.54, 1.807) is 28.5 Å². The van der Waals surface area contributed by atoms with Gasteiger partial charge in [0.1, 0.15) is 6.04 Å². The molecule has 0 aliphatic carbocycles. The van der Waals surface area contributed by atoms with Crippen LogP contribution in [-0.4, -0.2) is 45.4 Å². The Bertz CT molecular complexity index is 1040. The molecule has 28 heavy (non-hydrogen) atoms. The molecule has 0 saturated carbocycles. The highest BCUT2D eigenvalue weighted by atomic mass is 16.3. The van der Waals surface area contributed by atoms with Crippen molar-refractivity contribution in [3.05, 3.63) is 58.9 Å². The van der Waals surface area contributed by atoms with Gasteiger partial charge in [-0.05, 0) is 44.0 Å². The van der Waals surface area contributed by atoms with Gasteiger partial charge in [0.2, 0.25) is 5.91 Å². The number of carbonyl (C=O) groups excluding carboxylic acids is 2. The number of piperidine rings is 1. The Balaban J connectivity index is 1.39. The van der Waals surface area contributed by atoms with E-state index in [0.717, 1.165) is 11.0 Å². The first kappa shape index (κ1) is 18.1. The number of aromatic amines is 1. The van der Waals surface area contributed by atoms with Crippen LogP contribution in [0.2, 0.25) is 0 Å². The third-order valence-electron chi connectivity index (χ3n) is 5.23. The minimum atomic E-state index is -0.648. The molecule has 3 heterocycles. The number of H-pyrrole nitrogens is 1. The summed E-state index contributed by atoms with van der Waals surface area (Å²) in [5.41, 5.74) is 1.58. The third kappa shape index (κ3) is 3.33. The lowest BCUT2D eigenvalue weighted by molar-refractivity contribution is -0.134. The van der Waals surface area contributed by atoms with Gasteiger partial charge >= 0.3 is 5.69 Å². The zero-order valence-corrected chi connectivity index (χ0v) is 15.6. The first-order chi connectivity index (χ1) is 13.5. The lowest BCUT2D eigenvalue weighted by Gasteiger charge is -2.34. The topological polar surface area (TPSA) is 100 Å². The van der Waals surface area contributed by atoms with Crippen molar-refractivity contribution in [2.75, 3.05) is 13.1 Å². The molecule has 1 saturated heterocycles. The summed E-state index contributed by atoms with van der Waals surface area (Å²) in [5, 5.41) is 2.67. The number of aromatic nitrogens is 2. The maximum atomic E-state index is 12.7. The van der Waals surface area contributed by atoms with Gasteiger partial charge in [0, 0.05) is 19.1 Å². The second kappa shape index (κ2) is 7.38. The zero-order chi connectivity index (χ0) is 19.7. The first-order valence-corrected chi connectivity index (χ1v) is 9.37. The monoisotopic (exact) mass is 382 g/mol. The number of fused-ring (bicyclic) bond motifs is 1. The lowest BCUT2D eigenvalue weighted by atomic mass is 10.0. The van der Waals surface area contributed by atoms with Crippen LogP contribution in [0.4, 0.5) is 0 Å². The van der Waals surface area contributed by atoms with Crippen molar-refractivity contribution < 1.29 is 14.0 Å². The Labute approximate surface area is 161 Å². The van der Waals surface area contributed by atoms with Crippen LogP contribution in [0.1, 0.15) is 36.4 Å². The van der Waals surface area contributed by atoms with Crippen molar-refractivity contribution in [1.82, 2.24) is 19.8 Å². The Morgan fingerprint density at radius 3 is 2.64 bits per heavy atom. The summed E-state index contributed by atoms with van der Waals surface area (Å²) >= 11 is 0. The molecule has 2 aromatic heterocycles. The summed E-state index contributed by atoms with van der Waals surface area (Å²) in [6, 6.07) is 10.2. The number of carbonyl (C=O) groups is 2. The van der Waals surface area contributed by atoms with E-state index in [4.69, 9.17) is 4.42 Å². The SMILES string of the molecule is C[C@H](NC(=O)c1ccco1)C(=O)N1CCC(n2c(=O)[nH]c3ccccc32)CC1. The molecule has 1 atom stereocenters. The summed E-state index contributed by atoms with van der Waals surface area (Å²) in [6.45, 7) is 2.74. The number of amides is 2. The summed E-state index contributed by atoms with van der Waals surface area (Å²) in [4.78, 5) is 41.7. The number of para-hydroxylation sites is 2. The molecule has 0 unspecified atom stereocenters. The van der Waals surface area contributed by atoms with Crippen molar-refractivity contribution in [3.63, 3.8) is 0 Å². The van der Waals surface area contributed by atoms with Gasteiger partial charge in [0.05, 0.1) is 17.3 Å². The van der Waals surface area contributed by atoms with Gasteiger partial charge in [0.15, 0.2) is 5.76 Å². The molecule has 3 aromatic rings. The highest BCUT2D eigenvalue weighted by molar-refractivity contribution is 5.95. The molecule has 2 amide bonds. The normalized spacial score (nSPS) is 16.2. The predicted molar refractivity (Wildman–Crippen MR) is 103 cm³/mol. The fourth-order valence-electron chi connectivity index (χ4n) is 3.79. The van der Waals surface area contributed by atoms with Crippen LogP contribution in [0, 0.1) is 0 Å². The number of rotatable bonds is 4. The van der Waals surface area contributed by atoms with Crippen molar-refractivity contribution in [2.45, 2.75) is 31.8 Å². The van der Waals surface area contributed by atoms with E-state index in [1.807, 2.05) is 24.3 Å². The van der Waals surface area contributed by atoms with Crippen LogP contribution in [-0.2, 0) is 4.79 Å². The second-order valence-corrected chi connectivity index (χ2v) is 7.05. The Morgan fingerprint density at radius 1 is 1.18 bits per heavy atom. The van der Waals surface area contributed by atoms with E-state index in [0.29, 0.717) is 25.9 Å². The highest BCUT2D eigenvalue weighted by Gasteiger charge is 2.29. The number of imidazole rings is 1. The fraction of sp³-hybridized carbons (Fsp3) is 0.350. The van der Waals surface area contributed by atoms with Crippen LogP contribution in [0.25, 0.3) is 11.0 Å². The maximum Gasteiger partial charge on any atom is 0.326 e. The largest absolute Gasteiger partial charge is 0.459 e.